The lowest BCUT2D eigenvalue weighted by Crippen LogP contribution is -2.46. The maximum atomic E-state index is 11.2. The van der Waals surface area contributed by atoms with Gasteiger partial charge in [0.1, 0.15) is 0 Å². The molecule has 106 valence electrons. The Morgan fingerprint density at radius 2 is 2.17 bits per heavy atom. The minimum Gasteiger partial charge on any atom is -0.481 e. The second-order valence-electron chi connectivity index (χ2n) is 5.20. The lowest BCUT2D eigenvalue weighted by atomic mass is 9.82. The van der Waals surface area contributed by atoms with E-state index in [0.717, 1.165) is 39.0 Å². The van der Waals surface area contributed by atoms with Crippen molar-refractivity contribution in [3.05, 3.63) is 0 Å². The summed E-state index contributed by atoms with van der Waals surface area (Å²) in [4.78, 5) is 13.4. The van der Waals surface area contributed by atoms with Gasteiger partial charge in [0.15, 0.2) is 0 Å². The number of rotatable bonds is 8. The number of nitrogens with zero attached hydrogens (tertiary/aromatic N) is 1. The van der Waals surface area contributed by atoms with Crippen LogP contribution < -0.4 is 0 Å². The van der Waals surface area contributed by atoms with Gasteiger partial charge in [0.2, 0.25) is 0 Å². The van der Waals surface area contributed by atoms with E-state index < -0.39 is 11.4 Å². The van der Waals surface area contributed by atoms with Gasteiger partial charge in [0.05, 0.1) is 12.0 Å². The zero-order chi connectivity index (χ0) is 13.4. The molecule has 0 aromatic carbocycles. The average molecular weight is 259 g/mol. The molecule has 5 nitrogen and oxygen atoms in total. The van der Waals surface area contributed by atoms with Crippen molar-refractivity contribution in [2.24, 2.45) is 5.41 Å². The van der Waals surface area contributed by atoms with Gasteiger partial charge >= 0.3 is 5.97 Å². The van der Waals surface area contributed by atoms with E-state index in [1.54, 1.807) is 7.11 Å². The third kappa shape index (κ3) is 4.92. The second-order valence-corrected chi connectivity index (χ2v) is 5.20. The number of carbonyl (C=O) groups is 1. The van der Waals surface area contributed by atoms with Gasteiger partial charge in [0.25, 0.3) is 0 Å². The minimum atomic E-state index is -0.687. The first-order valence-corrected chi connectivity index (χ1v) is 6.61. The molecule has 1 saturated heterocycles. The predicted molar refractivity (Wildman–Crippen MR) is 68.7 cm³/mol. The van der Waals surface area contributed by atoms with Gasteiger partial charge in [-0.1, -0.05) is 0 Å². The van der Waals surface area contributed by atoms with Crippen molar-refractivity contribution in [2.45, 2.75) is 26.2 Å². The van der Waals surface area contributed by atoms with Gasteiger partial charge in [0, 0.05) is 33.4 Å². The fraction of sp³-hybridized carbons (Fsp3) is 0.923. The largest absolute Gasteiger partial charge is 0.481 e. The van der Waals surface area contributed by atoms with Gasteiger partial charge in [-0.3, -0.25) is 9.69 Å². The highest BCUT2D eigenvalue weighted by Crippen LogP contribution is 2.29. The summed E-state index contributed by atoms with van der Waals surface area (Å²) in [7, 11) is 1.68. The van der Waals surface area contributed by atoms with Crippen LogP contribution in [0.25, 0.3) is 0 Å². The number of hydrogen-bond donors (Lipinski definition) is 1. The molecule has 1 unspecified atom stereocenters. The number of likely N-dealkylation sites (tertiary alicyclic amines) is 1. The van der Waals surface area contributed by atoms with Gasteiger partial charge in [-0.05, 0) is 32.7 Å². The molecule has 0 bridgehead atoms. The first-order chi connectivity index (χ1) is 8.58. The average Bonchev–Trinajstić information content (AvgIpc) is 2.34. The molecule has 0 spiro atoms. The second kappa shape index (κ2) is 7.71. The topological polar surface area (TPSA) is 59.0 Å². The van der Waals surface area contributed by atoms with E-state index in [-0.39, 0.29) is 0 Å². The van der Waals surface area contributed by atoms with Crippen molar-refractivity contribution in [3.8, 4) is 0 Å². The van der Waals surface area contributed by atoms with Crippen LogP contribution in [0.5, 0.6) is 0 Å². The number of ether oxygens (including phenoxy) is 2. The highest BCUT2D eigenvalue weighted by atomic mass is 16.5. The van der Waals surface area contributed by atoms with Crippen LogP contribution >= 0.6 is 0 Å². The van der Waals surface area contributed by atoms with Crippen LogP contribution in [-0.2, 0) is 14.3 Å². The molecule has 5 heteroatoms. The zero-order valence-electron chi connectivity index (χ0n) is 11.5. The zero-order valence-corrected chi connectivity index (χ0v) is 11.5. The molecular weight excluding hydrogens is 234 g/mol. The lowest BCUT2D eigenvalue weighted by molar-refractivity contribution is -0.151. The van der Waals surface area contributed by atoms with Gasteiger partial charge in [-0.25, -0.2) is 0 Å². The van der Waals surface area contributed by atoms with Gasteiger partial charge in [-0.2, -0.15) is 0 Å². The monoisotopic (exact) mass is 259 g/mol. The lowest BCUT2D eigenvalue weighted by Gasteiger charge is -2.37. The van der Waals surface area contributed by atoms with E-state index in [2.05, 4.69) is 4.90 Å². The van der Waals surface area contributed by atoms with Crippen molar-refractivity contribution in [1.29, 1.82) is 0 Å². The smallest absolute Gasteiger partial charge is 0.310 e. The van der Waals surface area contributed by atoms with Crippen LogP contribution in [0.4, 0.5) is 0 Å². The number of carboxylic acid groups (broad SMARTS) is 1. The molecular formula is C13H25NO4. The van der Waals surface area contributed by atoms with Crippen LogP contribution in [-0.4, -0.2) is 62.5 Å². The molecule has 1 heterocycles. The molecule has 0 amide bonds. The summed E-state index contributed by atoms with van der Waals surface area (Å²) in [6.45, 7) is 6.35. The summed E-state index contributed by atoms with van der Waals surface area (Å²) >= 11 is 0. The molecule has 1 fully saturated rings. The Bertz CT molecular complexity index is 259. The Balaban J connectivity index is 2.17. The van der Waals surface area contributed by atoms with Gasteiger partial charge in [-0.15, -0.1) is 0 Å². The van der Waals surface area contributed by atoms with Crippen molar-refractivity contribution in [1.82, 2.24) is 4.90 Å². The van der Waals surface area contributed by atoms with Crippen LogP contribution in [0.2, 0.25) is 0 Å². The molecule has 0 aliphatic carbocycles. The highest BCUT2D eigenvalue weighted by Gasteiger charge is 2.37. The first kappa shape index (κ1) is 15.4. The Hall–Kier alpha value is -0.650. The quantitative estimate of drug-likeness (QED) is 0.664. The number of aliphatic carboxylic acids is 1. The van der Waals surface area contributed by atoms with Gasteiger partial charge < -0.3 is 14.6 Å². The van der Waals surface area contributed by atoms with Crippen molar-refractivity contribution < 1.29 is 19.4 Å². The van der Waals surface area contributed by atoms with Crippen LogP contribution in [0.3, 0.4) is 0 Å². The van der Waals surface area contributed by atoms with E-state index in [1.165, 1.54) is 0 Å². The molecule has 0 aromatic heterocycles. The van der Waals surface area contributed by atoms with Crippen molar-refractivity contribution >= 4 is 5.97 Å². The van der Waals surface area contributed by atoms with Crippen LogP contribution in [0.15, 0.2) is 0 Å². The summed E-state index contributed by atoms with van der Waals surface area (Å²) < 4.78 is 10.4. The fourth-order valence-electron chi connectivity index (χ4n) is 2.31. The molecule has 1 aliphatic heterocycles. The number of hydrogen-bond acceptors (Lipinski definition) is 4. The molecule has 1 rings (SSSR count). The Morgan fingerprint density at radius 1 is 1.39 bits per heavy atom. The van der Waals surface area contributed by atoms with E-state index in [4.69, 9.17) is 9.47 Å². The molecule has 18 heavy (non-hydrogen) atoms. The Morgan fingerprint density at radius 3 is 2.83 bits per heavy atom. The van der Waals surface area contributed by atoms with E-state index in [1.807, 2.05) is 6.92 Å². The molecule has 1 atom stereocenters. The van der Waals surface area contributed by atoms with E-state index in [9.17, 15) is 9.90 Å². The third-order valence-corrected chi connectivity index (χ3v) is 3.48. The third-order valence-electron chi connectivity index (χ3n) is 3.48. The Labute approximate surface area is 109 Å². The van der Waals surface area contributed by atoms with Crippen molar-refractivity contribution in [3.63, 3.8) is 0 Å². The normalized spacial score (nSPS) is 25.2. The van der Waals surface area contributed by atoms with Crippen molar-refractivity contribution in [2.75, 3.05) is 46.6 Å². The SMILES string of the molecule is COCCCOCCN1CCCC(C)(C(=O)O)C1. The number of methoxy groups -OCH3 is 1. The standard InChI is InChI=1S/C13H25NO4/c1-13(12(15)16)5-3-6-14(11-13)7-10-18-9-4-8-17-2/h3-11H2,1-2H3,(H,15,16). The summed E-state index contributed by atoms with van der Waals surface area (Å²) in [6.07, 6.45) is 2.63. The van der Waals surface area contributed by atoms with Crippen LogP contribution in [0.1, 0.15) is 26.2 Å². The van der Waals surface area contributed by atoms with Crippen LogP contribution in [0, 0.1) is 5.41 Å². The fourth-order valence-corrected chi connectivity index (χ4v) is 2.31. The molecule has 0 aromatic rings. The summed E-state index contributed by atoms with van der Waals surface area (Å²) in [5.41, 5.74) is -0.589. The molecule has 0 radical (unpaired) electrons. The molecule has 0 saturated carbocycles. The summed E-state index contributed by atoms with van der Waals surface area (Å²) in [5.74, 6) is -0.687. The number of carboxylic acids is 1. The maximum Gasteiger partial charge on any atom is 0.310 e. The summed E-state index contributed by atoms with van der Waals surface area (Å²) in [5, 5.41) is 9.21. The Kier molecular flexibility index (Phi) is 6.60. The van der Waals surface area contributed by atoms with E-state index >= 15 is 0 Å². The highest BCUT2D eigenvalue weighted by molar-refractivity contribution is 5.74. The van der Waals surface area contributed by atoms with E-state index in [0.29, 0.717) is 19.8 Å². The number of piperidine rings is 1. The first-order valence-electron chi connectivity index (χ1n) is 6.61. The molecule has 1 aliphatic rings. The minimum absolute atomic E-state index is 0.589. The summed E-state index contributed by atoms with van der Waals surface area (Å²) in [6, 6.07) is 0. The maximum absolute atomic E-state index is 11.2. The molecule has 1 N–H and O–H groups in total. The predicted octanol–water partition coefficient (Wildman–Crippen LogP) is 1.23.